The molecule has 2 amide bonds. The summed E-state index contributed by atoms with van der Waals surface area (Å²) in [4.78, 5) is 28.1. The lowest BCUT2D eigenvalue weighted by atomic mass is 10.0. The van der Waals surface area contributed by atoms with E-state index < -0.39 is 28.5 Å². The lowest BCUT2D eigenvalue weighted by Gasteiger charge is -2.33. The number of amides is 2. The minimum Gasteiger partial charge on any atom is -0.357 e. The maximum Gasteiger partial charge on any atom is 0.244 e. The predicted octanol–water partition coefficient (Wildman–Crippen LogP) is 3.49. The Morgan fingerprint density at radius 3 is 2.00 bits per heavy atom. The summed E-state index contributed by atoms with van der Waals surface area (Å²) in [6, 6.07) is 23.9. The molecule has 3 rings (SSSR count). The van der Waals surface area contributed by atoms with Gasteiger partial charge in [0.05, 0.1) is 11.9 Å². The van der Waals surface area contributed by atoms with Gasteiger partial charge in [0, 0.05) is 25.0 Å². The third-order valence-electron chi connectivity index (χ3n) is 5.51. The van der Waals surface area contributed by atoms with Crippen LogP contribution in [0.1, 0.15) is 11.1 Å². The molecule has 184 valence electrons. The van der Waals surface area contributed by atoms with Crippen molar-refractivity contribution < 1.29 is 18.0 Å². The summed E-state index contributed by atoms with van der Waals surface area (Å²) in [6.45, 7) is -0.341. The number of sulfonamides is 1. The fourth-order valence-electron chi connectivity index (χ4n) is 3.72. The molecule has 3 aromatic carbocycles. The number of hydrogen-bond acceptors (Lipinski definition) is 4. The van der Waals surface area contributed by atoms with Crippen LogP contribution >= 0.6 is 11.6 Å². The lowest BCUT2D eigenvalue weighted by molar-refractivity contribution is -0.139. The average molecular weight is 514 g/mol. The van der Waals surface area contributed by atoms with E-state index in [4.69, 9.17) is 11.6 Å². The van der Waals surface area contributed by atoms with Crippen LogP contribution in [-0.2, 0) is 32.6 Å². The monoisotopic (exact) mass is 513 g/mol. The normalized spacial score (nSPS) is 12.0. The molecule has 0 bridgehead atoms. The molecular formula is C26H28ClN3O4S. The van der Waals surface area contributed by atoms with Crippen LogP contribution in [0.5, 0.6) is 0 Å². The molecule has 1 atom stereocenters. The Labute approximate surface area is 211 Å². The molecule has 1 N–H and O–H groups in total. The minimum absolute atomic E-state index is 0.104. The van der Waals surface area contributed by atoms with Gasteiger partial charge in [-0.15, -0.1) is 0 Å². The van der Waals surface area contributed by atoms with E-state index in [9.17, 15) is 18.0 Å². The summed E-state index contributed by atoms with van der Waals surface area (Å²) in [5.74, 6) is -0.847. The lowest BCUT2D eigenvalue weighted by Crippen LogP contribution is -2.52. The van der Waals surface area contributed by atoms with E-state index in [0.29, 0.717) is 10.7 Å². The van der Waals surface area contributed by atoms with E-state index in [0.717, 1.165) is 21.7 Å². The molecule has 7 nitrogen and oxygen atoms in total. The first kappa shape index (κ1) is 26.2. The molecule has 0 heterocycles. The predicted molar refractivity (Wildman–Crippen MR) is 139 cm³/mol. The van der Waals surface area contributed by atoms with Crippen molar-refractivity contribution >= 4 is 39.1 Å². The van der Waals surface area contributed by atoms with Crippen LogP contribution < -0.4 is 9.62 Å². The summed E-state index contributed by atoms with van der Waals surface area (Å²) in [6.07, 6.45) is 1.32. The van der Waals surface area contributed by atoms with Gasteiger partial charge in [-0.25, -0.2) is 8.42 Å². The molecule has 0 aliphatic carbocycles. The van der Waals surface area contributed by atoms with Crippen molar-refractivity contribution in [2.24, 2.45) is 0 Å². The first-order valence-corrected chi connectivity index (χ1v) is 13.2. The molecule has 0 radical (unpaired) electrons. The van der Waals surface area contributed by atoms with Gasteiger partial charge in [-0.2, -0.15) is 0 Å². The number of halogens is 1. The Balaban J connectivity index is 2.00. The SMILES string of the molecule is CNC(=O)C(Cc1ccccc1)N(Cc1ccc(Cl)cc1)C(=O)CN(c1ccccc1)S(C)(=O)=O. The maximum atomic E-state index is 13.7. The number of carbonyl (C=O) groups excluding carboxylic acids is 2. The second kappa shape index (κ2) is 11.9. The highest BCUT2D eigenvalue weighted by atomic mass is 35.5. The van der Waals surface area contributed by atoms with Gasteiger partial charge in [0.2, 0.25) is 21.8 Å². The van der Waals surface area contributed by atoms with Crippen LogP contribution in [0.25, 0.3) is 0 Å². The maximum absolute atomic E-state index is 13.7. The number of likely N-dealkylation sites (N-methyl/N-ethyl adjacent to an activating group) is 1. The molecule has 0 saturated carbocycles. The molecule has 9 heteroatoms. The van der Waals surface area contributed by atoms with E-state index in [2.05, 4.69) is 5.32 Å². The van der Waals surface area contributed by atoms with Gasteiger partial charge in [0.1, 0.15) is 12.6 Å². The number of nitrogens with zero attached hydrogens (tertiary/aromatic N) is 2. The highest BCUT2D eigenvalue weighted by Gasteiger charge is 2.32. The standard InChI is InChI=1S/C26H28ClN3O4S/c1-28-26(32)24(17-20-9-5-3-6-10-20)29(18-21-13-15-22(27)16-14-21)25(31)19-30(35(2,33)34)23-11-7-4-8-12-23/h3-16,24H,17-19H2,1-2H3,(H,28,32). The number of para-hydroxylation sites is 1. The van der Waals surface area contributed by atoms with Crippen LogP contribution in [0, 0.1) is 0 Å². The van der Waals surface area contributed by atoms with E-state index >= 15 is 0 Å². The summed E-state index contributed by atoms with van der Waals surface area (Å²) in [7, 11) is -2.26. The highest BCUT2D eigenvalue weighted by Crippen LogP contribution is 2.20. The smallest absolute Gasteiger partial charge is 0.244 e. The van der Waals surface area contributed by atoms with E-state index in [-0.39, 0.29) is 18.9 Å². The summed E-state index contributed by atoms with van der Waals surface area (Å²) in [5, 5.41) is 3.19. The second-order valence-electron chi connectivity index (χ2n) is 8.07. The van der Waals surface area contributed by atoms with Gasteiger partial charge in [-0.05, 0) is 35.4 Å². The molecule has 0 aliphatic heterocycles. The Kier molecular flexibility index (Phi) is 8.89. The number of carbonyl (C=O) groups is 2. The first-order valence-electron chi connectivity index (χ1n) is 11.0. The number of nitrogens with one attached hydrogen (secondary N) is 1. The van der Waals surface area contributed by atoms with Crippen LogP contribution in [-0.4, -0.2) is 51.0 Å². The van der Waals surface area contributed by atoms with Gasteiger partial charge >= 0.3 is 0 Å². The molecule has 35 heavy (non-hydrogen) atoms. The Bertz CT molecular complexity index is 1240. The van der Waals surface area contributed by atoms with E-state index in [1.807, 2.05) is 30.3 Å². The zero-order valence-corrected chi connectivity index (χ0v) is 21.2. The van der Waals surface area contributed by atoms with Crippen molar-refractivity contribution in [3.63, 3.8) is 0 Å². The molecule has 0 aromatic heterocycles. The van der Waals surface area contributed by atoms with Gasteiger partial charge < -0.3 is 10.2 Å². The van der Waals surface area contributed by atoms with Crippen LogP contribution in [0.4, 0.5) is 5.69 Å². The second-order valence-corrected chi connectivity index (χ2v) is 10.4. The minimum atomic E-state index is -3.77. The topological polar surface area (TPSA) is 86.8 Å². The third kappa shape index (κ3) is 7.31. The molecule has 0 spiro atoms. The number of benzene rings is 3. The van der Waals surface area contributed by atoms with Crippen LogP contribution in [0.15, 0.2) is 84.9 Å². The average Bonchev–Trinajstić information content (AvgIpc) is 2.85. The third-order valence-corrected chi connectivity index (χ3v) is 6.90. The Morgan fingerprint density at radius 2 is 1.46 bits per heavy atom. The van der Waals surface area contributed by atoms with Crippen molar-refractivity contribution in [1.29, 1.82) is 0 Å². The number of rotatable bonds is 10. The molecule has 1 unspecified atom stereocenters. The van der Waals surface area contributed by atoms with Crippen LogP contribution in [0.3, 0.4) is 0 Å². The first-order chi connectivity index (χ1) is 16.7. The molecule has 0 aliphatic rings. The summed E-state index contributed by atoms with van der Waals surface area (Å²) >= 11 is 6.02. The molecule has 0 fully saturated rings. The zero-order chi connectivity index (χ0) is 25.4. The van der Waals surface area contributed by atoms with Crippen molar-refractivity contribution in [2.75, 3.05) is 24.2 Å². The summed E-state index contributed by atoms with van der Waals surface area (Å²) in [5.41, 5.74) is 2.00. The molecule has 3 aromatic rings. The quantitative estimate of drug-likeness (QED) is 0.449. The van der Waals surface area contributed by atoms with Gasteiger partial charge in [-0.1, -0.05) is 72.3 Å². The fourth-order valence-corrected chi connectivity index (χ4v) is 4.69. The van der Waals surface area contributed by atoms with E-state index in [1.54, 1.807) is 54.6 Å². The highest BCUT2D eigenvalue weighted by molar-refractivity contribution is 7.92. The molecule has 0 saturated heterocycles. The zero-order valence-electron chi connectivity index (χ0n) is 19.6. The van der Waals surface area contributed by atoms with Crippen molar-refractivity contribution in [3.05, 3.63) is 101 Å². The Morgan fingerprint density at radius 1 is 0.886 bits per heavy atom. The van der Waals surface area contributed by atoms with Crippen molar-refractivity contribution in [1.82, 2.24) is 10.2 Å². The largest absolute Gasteiger partial charge is 0.357 e. The van der Waals surface area contributed by atoms with Crippen molar-refractivity contribution in [3.8, 4) is 0 Å². The van der Waals surface area contributed by atoms with Gasteiger partial charge in [0.15, 0.2) is 0 Å². The number of anilines is 1. The van der Waals surface area contributed by atoms with Crippen molar-refractivity contribution in [2.45, 2.75) is 19.0 Å². The molecular weight excluding hydrogens is 486 g/mol. The van der Waals surface area contributed by atoms with Crippen LogP contribution in [0.2, 0.25) is 5.02 Å². The Hall–Kier alpha value is -3.36. The summed E-state index contributed by atoms with van der Waals surface area (Å²) < 4.78 is 26.2. The van der Waals surface area contributed by atoms with E-state index in [1.165, 1.54) is 11.9 Å². The van der Waals surface area contributed by atoms with Gasteiger partial charge in [-0.3, -0.25) is 13.9 Å². The fraction of sp³-hybridized carbons (Fsp3) is 0.231. The van der Waals surface area contributed by atoms with Gasteiger partial charge in [0.25, 0.3) is 0 Å². The number of hydrogen-bond donors (Lipinski definition) is 1.